The van der Waals surface area contributed by atoms with Crippen molar-refractivity contribution < 1.29 is 4.52 Å². The average molecular weight is 253 g/mol. The number of rotatable bonds is 2. The first-order chi connectivity index (χ1) is 8.43. The minimum absolute atomic E-state index is 0.290. The minimum atomic E-state index is 0.290. The van der Waals surface area contributed by atoms with E-state index in [0.717, 1.165) is 24.7 Å². The Kier molecular flexibility index (Phi) is 3.66. The summed E-state index contributed by atoms with van der Waals surface area (Å²) in [5.74, 6) is 2.94. The molecule has 5 heteroatoms. The van der Waals surface area contributed by atoms with Gasteiger partial charge in [0.25, 0.3) is 0 Å². The average Bonchev–Trinajstić information content (AvgIpc) is 2.90. The van der Waals surface area contributed by atoms with Gasteiger partial charge in [-0.2, -0.15) is 16.7 Å². The van der Waals surface area contributed by atoms with E-state index < -0.39 is 0 Å². The van der Waals surface area contributed by atoms with Gasteiger partial charge in [-0.25, -0.2) is 0 Å². The molecule has 2 fully saturated rings. The summed E-state index contributed by atoms with van der Waals surface area (Å²) < 4.78 is 5.42. The molecule has 2 aliphatic rings. The number of piperidine rings is 1. The fourth-order valence-corrected chi connectivity index (χ4v) is 3.76. The zero-order chi connectivity index (χ0) is 11.5. The zero-order valence-electron chi connectivity index (χ0n) is 10.0. The van der Waals surface area contributed by atoms with Gasteiger partial charge in [0.2, 0.25) is 5.89 Å². The van der Waals surface area contributed by atoms with Gasteiger partial charge in [0.15, 0.2) is 5.82 Å². The first-order valence-corrected chi connectivity index (χ1v) is 7.67. The minimum Gasteiger partial charge on any atom is -0.338 e. The van der Waals surface area contributed by atoms with E-state index in [1.807, 2.05) is 11.8 Å². The van der Waals surface area contributed by atoms with E-state index in [2.05, 4.69) is 15.5 Å². The van der Waals surface area contributed by atoms with Gasteiger partial charge in [-0.3, -0.25) is 0 Å². The Balaban J connectivity index is 1.68. The Morgan fingerprint density at radius 2 is 2.12 bits per heavy atom. The molecule has 2 atom stereocenters. The Morgan fingerprint density at radius 1 is 1.18 bits per heavy atom. The number of thioether (sulfide) groups is 1. The summed E-state index contributed by atoms with van der Waals surface area (Å²) in [6.45, 7) is 1.07. The molecular formula is C12H19N3OS. The molecular weight excluding hydrogens is 234 g/mol. The van der Waals surface area contributed by atoms with Crippen molar-refractivity contribution in [3.05, 3.63) is 11.7 Å². The summed E-state index contributed by atoms with van der Waals surface area (Å²) in [6.07, 6.45) is 7.46. The maximum absolute atomic E-state index is 5.42. The van der Waals surface area contributed by atoms with E-state index in [9.17, 15) is 0 Å². The van der Waals surface area contributed by atoms with Gasteiger partial charge < -0.3 is 9.84 Å². The molecule has 3 rings (SSSR count). The lowest BCUT2D eigenvalue weighted by Gasteiger charge is -2.20. The lowest BCUT2D eigenvalue weighted by Crippen LogP contribution is -2.27. The molecule has 2 saturated heterocycles. The highest BCUT2D eigenvalue weighted by Crippen LogP contribution is 2.37. The highest BCUT2D eigenvalue weighted by atomic mass is 32.2. The van der Waals surface area contributed by atoms with Crippen LogP contribution >= 0.6 is 11.8 Å². The first-order valence-electron chi connectivity index (χ1n) is 6.62. The predicted molar refractivity (Wildman–Crippen MR) is 67.9 cm³/mol. The standard InChI is InChI=1S/C12H19N3OS/c1-3-7-13-9(5-1)12-14-11(15-16-12)10-6-2-4-8-17-10/h9-10,13H,1-8H2/t9-,10?/m0/s1. The van der Waals surface area contributed by atoms with Crippen LogP contribution in [0.1, 0.15) is 61.5 Å². The van der Waals surface area contributed by atoms with Crippen LogP contribution in [0.4, 0.5) is 0 Å². The normalized spacial score (nSPS) is 30.4. The number of hydrogen-bond acceptors (Lipinski definition) is 5. The second kappa shape index (κ2) is 5.40. The van der Waals surface area contributed by atoms with Crippen LogP contribution in [-0.2, 0) is 0 Å². The van der Waals surface area contributed by atoms with Crippen molar-refractivity contribution in [3.63, 3.8) is 0 Å². The molecule has 1 unspecified atom stereocenters. The lowest BCUT2D eigenvalue weighted by atomic mass is 10.1. The van der Waals surface area contributed by atoms with Crippen molar-refractivity contribution in [2.24, 2.45) is 0 Å². The van der Waals surface area contributed by atoms with Crippen molar-refractivity contribution >= 4 is 11.8 Å². The summed E-state index contributed by atoms with van der Waals surface area (Å²) in [5, 5.41) is 8.08. The second-order valence-electron chi connectivity index (χ2n) is 4.85. The molecule has 0 bridgehead atoms. The number of hydrogen-bond donors (Lipinski definition) is 1. The molecule has 2 aliphatic heterocycles. The number of nitrogens with one attached hydrogen (secondary N) is 1. The van der Waals surface area contributed by atoms with Crippen LogP contribution in [-0.4, -0.2) is 22.4 Å². The van der Waals surface area contributed by atoms with Crippen LogP contribution in [0.25, 0.3) is 0 Å². The van der Waals surface area contributed by atoms with Crippen molar-refractivity contribution in [2.75, 3.05) is 12.3 Å². The third-order valence-corrected chi connectivity index (χ3v) is 4.91. The predicted octanol–water partition coefficient (Wildman–Crippen LogP) is 2.84. The largest absolute Gasteiger partial charge is 0.338 e. The molecule has 4 nitrogen and oxygen atoms in total. The quantitative estimate of drug-likeness (QED) is 0.878. The van der Waals surface area contributed by atoms with Gasteiger partial charge in [-0.15, -0.1) is 0 Å². The van der Waals surface area contributed by atoms with E-state index in [4.69, 9.17) is 4.52 Å². The zero-order valence-corrected chi connectivity index (χ0v) is 10.8. The molecule has 94 valence electrons. The molecule has 0 spiro atoms. The van der Waals surface area contributed by atoms with Crippen LogP contribution < -0.4 is 5.32 Å². The SMILES string of the molecule is C1CC[C@@H](c2nc(C3CCCCS3)no2)NC1. The monoisotopic (exact) mass is 253 g/mol. The van der Waals surface area contributed by atoms with Crippen LogP contribution in [0, 0.1) is 0 Å². The van der Waals surface area contributed by atoms with Gasteiger partial charge in [-0.05, 0) is 38.0 Å². The van der Waals surface area contributed by atoms with E-state index in [1.54, 1.807) is 0 Å². The van der Waals surface area contributed by atoms with Gasteiger partial charge >= 0.3 is 0 Å². The fraction of sp³-hybridized carbons (Fsp3) is 0.833. The van der Waals surface area contributed by atoms with E-state index in [0.29, 0.717) is 11.3 Å². The maximum atomic E-state index is 5.42. The molecule has 1 N–H and O–H groups in total. The van der Waals surface area contributed by atoms with E-state index in [-0.39, 0.29) is 0 Å². The molecule has 17 heavy (non-hydrogen) atoms. The highest BCUT2D eigenvalue weighted by molar-refractivity contribution is 7.99. The number of aromatic nitrogens is 2. The summed E-state index contributed by atoms with van der Waals surface area (Å²) in [6, 6.07) is 0.290. The summed E-state index contributed by atoms with van der Waals surface area (Å²) in [4.78, 5) is 4.60. The Hall–Kier alpha value is -0.550. The van der Waals surface area contributed by atoms with Crippen LogP contribution in [0.15, 0.2) is 4.52 Å². The van der Waals surface area contributed by atoms with Crippen molar-refractivity contribution in [3.8, 4) is 0 Å². The van der Waals surface area contributed by atoms with Gasteiger partial charge in [0.05, 0.1) is 11.3 Å². The molecule has 1 aromatic heterocycles. The van der Waals surface area contributed by atoms with Gasteiger partial charge in [-0.1, -0.05) is 18.0 Å². The van der Waals surface area contributed by atoms with Crippen LogP contribution in [0.5, 0.6) is 0 Å². The van der Waals surface area contributed by atoms with E-state index in [1.165, 1.54) is 37.9 Å². The Morgan fingerprint density at radius 3 is 2.88 bits per heavy atom. The Bertz CT molecular complexity index is 324. The second-order valence-corrected chi connectivity index (χ2v) is 6.16. The number of nitrogens with zero attached hydrogens (tertiary/aromatic N) is 2. The molecule has 0 aliphatic carbocycles. The molecule has 0 aromatic carbocycles. The van der Waals surface area contributed by atoms with E-state index >= 15 is 0 Å². The lowest BCUT2D eigenvalue weighted by molar-refractivity contribution is 0.295. The van der Waals surface area contributed by atoms with Gasteiger partial charge in [0.1, 0.15) is 0 Å². The third kappa shape index (κ3) is 2.65. The summed E-state index contributed by atoms with van der Waals surface area (Å²) >= 11 is 1.97. The highest BCUT2D eigenvalue weighted by Gasteiger charge is 2.25. The third-order valence-electron chi connectivity index (χ3n) is 3.53. The molecule has 0 radical (unpaired) electrons. The summed E-state index contributed by atoms with van der Waals surface area (Å²) in [7, 11) is 0. The van der Waals surface area contributed by atoms with Crippen molar-refractivity contribution in [1.29, 1.82) is 0 Å². The maximum Gasteiger partial charge on any atom is 0.243 e. The van der Waals surface area contributed by atoms with Crippen LogP contribution in [0.2, 0.25) is 0 Å². The topological polar surface area (TPSA) is 51.0 Å². The molecule has 0 amide bonds. The van der Waals surface area contributed by atoms with Gasteiger partial charge in [0, 0.05) is 0 Å². The fourth-order valence-electron chi connectivity index (χ4n) is 2.53. The first kappa shape index (κ1) is 11.5. The molecule has 1 aromatic rings. The van der Waals surface area contributed by atoms with Crippen LogP contribution in [0.3, 0.4) is 0 Å². The van der Waals surface area contributed by atoms with Crippen molar-refractivity contribution in [1.82, 2.24) is 15.5 Å². The molecule has 3 heterocycles. The summed E-state index contributed by atoms with van der Waals surface area (Å²) in [5.41, 5.74) is 0. The van der Waals surface area contributed by atoms with Crippen molar-refractivity contribution in [2.45, 2.75) is 49.8 Å². The Labute approximate surface area is 106 Å². The smallest absolute Gasteiger partial charge is 0.243 e. The molecule has 0 saturated carbocycles.